The molecular weight excluding hydrogens is 169 g/mol. The molecule has 0 N–H and O–H groups in total. The zero-order valence-electron chi connectivity index (χ0n) is 5.83. The molecule has 0 saturated carbocycles. The first-order valence-corrected chi connectivity index (χ1v) is 5.11. The summed E-state index contributed by atoms with van der Waals surface area (Å²) in [5, 5.41) is 8.35. The third-order valence-electron chi connectivity index (χ3n) is 1.76. The van der Waals surface area contributed by atoms with E-state index in [4.69, 9.17) is 5.26 Å². The molecular formula is C6H8FNO2S. The second-order valence-electron chi connectivity index (χ2n) is 2.65. The zero-order valence-corrected chi connectivity index (χ0v) is 6.64. The first-order valence-electron chi connectivity index (χ1n) is 3.29. The smallest absolute Gasteiger partial charge is 0.153 e. The molecule has 0 bridgehead atoms. The Balaban J connectivity index is 2.71. The molecule has 1 aliphatic heterocycles. The highest BCUT2D eigenvalue weighted by molar-refractivity contribution is 7.91. The van der Waals surface area contributed by atoms with Gasteiger partial charge in [0.1, 0.15) is 6.17 Å². The van der Waals surface area contributed by atoms with Crippen molar-refractivity contribution in [1.29, 1.82) is 5.26 Å². The van der Waals surface area contributed by atoms with Crippen molar-refractivity contribution in [3.63, 3.8) is 0 Å². The number of sulfone groups is 1. The van der Waals surface area contributed by atoms with Gasteiger partial charge in [-0.15, -0.1) is 0 Å². The Bertz CT molecular complexity index is 279. The van der Waals surface area contributed by atoms with Crippen LogP contribution in [0, 0.1) is 17.2 Å². The third kappa shape index (κ3) is 1.90. The maximum atomic E-state index is 12.7. The van der Waals surface area contributed by atoms with Crippen LogP contribution in [0.15, 0.2) is 0 Å². The van der Waals surface area contributed by atoms with Crippen LogP contribution >= 0.6 is 0 Å². The Morgan fingerprint density at radius 1 is 1.55 bits per heavy atom. The molecule has 0 aliphatic carbocycles. The van der Waals surface area contributed by atoms with E-state index in [1.165, 1.54) is 0 Å². The van der Waals surface area contributed by atoms with E-state index >= 15 is 0 Å². The normalized spacial score (nSPS) is 36.0. The minimum atomic E-state index is -3.20. The fourth-order valence-corrected chi connectivity index (χ4v) is 2.57. The third-order valence-corrected chi connectivity index (χ3v) is 3.44. The molecule has 2 unspecified atom stereocenters. The van der Waals surface area contributed by atoms with Crippen LogP contribution in [0.4, 0.5) is 4.39 Å². The molecule has 3 nitrogen and oxygen atoms in total. The van der Waals surface area contributed by atoms with Crippen molar-refractivity contribution in [2.45, 2.75) is 12.6 Å². The molecule has 11 heavy (non-hydrogen) atoms. The summed E-state index contributed by atoms with van der Waals surface area (Å²) in [7, 11) is -3.20. The van der Waals surface area contributed by atoms with Gasteiger partial charge in [-0.1, -0.05) is 0 Å². The van der Waals surface area contributed by atoms with Gasteiger partial charge in [-0.2, -0.15) is 5.26 Å². The molecule has 1 heterocycles. The maximum absolute atomic E-state index is 12.7. The lowest BCUT2D eigenvalue weighted by atomic mass is 10.0. The lowest BCUT2D eigenvalue weighted by Gasteiger charge is -2.19. The Morgan fingerprint density at radius 2 is 2.18 bits per heavy atom. The highest BCUT2D eigenvalue weighted by Gasteiger charge is 2.32. The van der Waals surface area contributed by atoms with E-state index in [2.05, 4.69) is 0 Å². The van der Waals surface area contributed by atoms with E-state index in [0.717, 1.165) is 0 Å². The van der Waals surface area contributed by atoms with Gasteiger partial charge >= 0.3 is 0 Å². The lowest BCUT2D eigenvalue weighted by molar-refractivity contribution is 0.280. The Morgan fingerprint density at radius 3 is 2.64 bits per heavy atom. The summed E-state index contributed by atoms with van der Waals surface area (Å²) in [5.41, 5.74) is 0. The predicted molar refractivity (Wildman–Crippen MR) is 37.3 cm³/mol. The fourth-order valence-electron chi connectivity index (χ4n) is 1.07. The molecule has 0 spiro atoms. The molecule has 1 saturated heterocycles. The van der Waals surface area contributed by atoms with E-state index in [1.54, 1.807) is 6.07 Å². The average Bonchev–Trinajstić information content (AvgIpc) is 1.86. The van der Waals surface area contributed by atoms with E-state index < -0.39 is 27.7 Å². The SMILES string of the molecule is N#CC1CCS(=O)(=O)CC1F. The van der Waals surface area contributed by atoms with E-state index in [1.807, 2.05) is 0 Å². The Labute approximate surface area is 64.7 Å². The molecule has 5 heteroatoms. The summed E-state index contributed by atoms with van der Waals surface area (Å²) in [6.07, 6.45) is -1.35. The second-order valence-corrected chi connectivity index (χ2v) is 4.88. The fraction of sp³-hybridized carbons (Fsp3) is 0.833. The minimum absolute atomic E-state index is 0.0500. The minimum Gasteiger partial charge on any atom is -0.245 e. The number of rotatable bonds is 0. The average molecular weight is 177 g/mol. The van der Waals surface area contributed by atoms with Crippen molar-refractivity contribution in [1.82, 2.24) is 0 Å². The van der Waals surface area contributed by atoms with Gasteiger partial charge in [0.05, 0.1) is 23.5 Å². The zero-order chi connectivity index (χ0) is 8.48. The molecule has 1 fully saturated rings. The van der Waals surface area contributed by atoms with Crippen LogP contribution in [-0.4, -0.2) is 26.1 Å². The summed E-state index contributed by atoms with van der Waals surface area (Å²) in [6, 6.07) is 1.75. The monoisotopic (exact) mass is 177 g/mol. The van der Waals surface area contributed by atoms with Gasteiger partial charge in [0, 0.05) is 0 Å². The number of hydrogen-bond acceptors (Lipinski definition) is 3. The highest BCUT2D eigenvalue weighted by atomic mass is 32.2. The Hall–Kier alpha value is -0.630. The Kier molecular flexibility index (Phi) is 2.14. The van der Waals surface area contributed by atoms with Gasteiger partial charge in [-0.3, -0.25) is 0 Å². The lowest BCUT2D eigenvalue weighted by Crippen LogP contribution is -2.33. The maximum Gasteiger partial charge on any atom is 0.153 e. The molecule has 1 rings (SSSR count). The van der Waals surface area contributed by atoms with Crippen molar-refractivity contribution in [2.75, 3.05) is 11.5 Å². The highest BCUT2D eigenvalue weighted by Crippen LogP contribution is 2.20. The van der Waals surface area contributed by atoms with Crippen molar-refractivity contribution < 1.29 is 12.8 Å². The molecule has 1 aliphatic rings. The number of nitriles is 1. The number of hydrogen-bond donors (Lipinski definition) is 0. The molecule has 0 aromatic carbocycles. The second kappa shape index (κ2) is 2.78. The van der Waals surface area contributed by atoms with E-state index in [-0.39, 0.29) is 12.2 Å². The van der Waals surface area contributed by atoms with Gasteiger partial charge in [0.2, 0.25) is 0 Å². The van der Waals surface area contributed by atoms with Crippen molar-refractivity contribution in [2.24, 2.45) is 5.92 Å². The summed E-state index contributed by atoms with van der Waals surface area (Å²) in [4.78, 5) is 0. The van der Waals surface area contributed by atoms with Gasteiger partial charge in [-0.25, -0.2) is 12.8 Å². The van der Waals surface area contributed by atoms with Crippen molar-refractivity contribution >= 4 is 9.84 Å². The molecule has 2 atom stereocenters. The molecule has 0 aromatic heterocycles. The topological polar surface area (TPSA) is 57.9 Å². The van der Waals surface area contributed by atoms with E-state index in [9.17, 15) is 12.8 Å². The van der Waals surface area contributed by atoms with Gasteiger partial charge in [-0.05, 0) is 6.42 Å². The van der Waals surface area contributed by atoms with Crippen molar-refractivity contribution in [3.8, 4) is 6.07 Å². The molecule has 0 amide bonds. The molecule has 0 aromatic rings. The van der Waals surface area contributed by atoms with Crippen LogP contribution in [0.3, 0.4) is 0 Å². The molecule has 0 radical (unpaired) electrons. The van der Waals surface area contributed by atoms with Gasteiger partial charge in [0.25, 0.3) is 0 Å². The first kappa shape index (κ1) is 8.47. The van der Waals surface area contributed by atoms with Crippen molar-refractivity contribution in [3.05, 3.63) is 0 Å². The van der Waals surface area contributed by atoms with Crippen LogP contribution in [-0.2, 0) is 9.84 Å². The van der Waals surface area contributed by atoms with E-state index in [0.29, 0.717) is 0 Å². The number of nitrogens with zero attached hydrogens (tertiary/aromatic N) is 1. The molecule has 62 valence electrons. The summed E-state index contributed by atoms with van der Waals surface area (Å²) in [6.45, 7) is 0. The van der Waals surface area contributed by atoms with Gasteiger partial charge < -0.3 is 0 Å². The number of alkyl halides is 1. The van der Waals surface area contributed by atoms with Crippen LogP contribution in [0.25, 0.3) is 0 Å². The van der Waals surface area contributed by atoms with Crippen LogP contribution in [0.1, 0.15) is 6.42 Å². The van der Waals surface area contributed by atoms with Crippen LogP contribution in [0.5, 0.6) is 0 Å². The first-order chi connectivity index (χ1) is 5.05. The van der Waals surface area contributed by atoms with Crippen LogP contribution in [0.2, 0.25) is 0 Å². The van der Waals surface area contributed by atoms with Crippen LogP contribution < -0.4 is 0 Å². The summed E-state index contributed by atoms with van der Waals surface area (Å²) < 4.78 is 34.3. The largest absolute Gasteiger partial charge is 0.245 e. The quantitative estimate of drug-likeness (QED) is 0.534. The number of halogens is 1. The standard InChI is InChI=1S/C6H8FNO2S/c7-6-4-11(9,10)2-1-5(6)3-8/h5-6H,1-2,4H2. The summed E-state index contributed by atoms with van der Waals surface area (Å²) >= 11 is 0. The summed E-state index contributed by atoms with van der Waals surface area (Å²) in [5.74, 6) is -1.25. The predicted octanol–water partition coefficient (Wildman–Crippen LogP) is 0.283. The van der Waals surface area contributed by atoms with Gasteiger partial charge in [0.15, 0.2) is 9.84 Å².